The number of ether oxygens (including phenoxy) is 1. The lowest BCUT2D eigenvalue weighted by Gasteiger charge is -2.16. The molecule has 3 rings (SSSR count). The Morgan fingerprint density at radius 3 is 2.96 bits per heavy atom. The van der Waals surface area contributed by atoms with E-state index in [9.17, 15) is 9.59 Å². The fourth-order valence-corrected chi connectivity index (χ4v) is 3.26. The molecular weight excluding hydrogens is 308 g/mol. The number of carbonyl (C=O) groups is 1. The minimum Gasteiger partial charge on any atom is -0.383 e. The number of aromatic amines is 2. The number of carbonyl (C=O) groups excluding carboxylic acids is 1. The van der Waals surface area contributed by atoms with Crippen molar-refractivity contribution in [2.75, 3.05) is 38.7 Å². The summed E-state index contributed by atoms with van der Waals surface area (Å²) in [6.07, 6.45) is 0.840. The fraction of sp³-hybridized carbons (Fsp3) is 0.529. The van der Waals surface area contributed by atoms with Gasteiger partial charge in [-0.25, -0.2) is 4.79 Å². The van der Waals surface area contributed by atoms with E-state index in [1.165, 1.54) is 0 Å². The van der Waals surface area contributed by atoms with Gasteiger partial charge < -0.3 is 24.9 Å². The molecule has 1 fully saturated rings. The van der Waals surface area contributed by atoms with Crippen molar-refractivity contribution in [2.45, 2.75) is 20.3 Å². The second kappa shape index (κ2) is 6.78. The molecule has 2 heterocycles. The highest BCUT2D eigenvalue weighted by molar-refractivity contribution is 6.02. The van der Waals surface area contributed by atoms with Crippen molar-refractivity contribution in [3.63, 3.8) is 0 Å². The van der Waals surface area contributed by atoms with Gasteiger partial charge in [0.2, 0.25) is 5.91 Å². The maximum atomic E-state index is 12.7. The first-order valence-corrected chi connectivity index (χ1v) is 8.24. The van der Waals surface area contributed by atoms with Gasteiger partial charge in [-0.2, -0.15) is 0 Å². The Hall–Kier alpha value is -2.12. The summed E-state index contributed by atoms with van der Waals surface area (Å²) in [5.41, 5.74) is 3.81. The summed E-state index contributed by atoms with van der Waals surface area (Å²) in [5, 5.41) is 3.04. The molecule has 1 aromatic heterocycles. The van der Waals surface area contributed by atoms with Crippen molar-refractivity contribution in [1.29, 1.82) is 0 Å². The van der Waals surface area contributed by atoms with Crippen LogP contribution in [0.3, 0.4) is 0 Å². The van der Waals surface area contributed by atoms with Crippen LogP contribution in [0.5, 0.6) is 0 Å². The zero-order valence-electron chi connectivity index (χ0n) is 14.4. The number of nitrogens with one attached hydrogen (secondary N) is 3. The predicted octanol–water partition coefficient (Wildman–Crippen LogP) is 1.38. The van der Waals surface area contributed by atoms with Crippen LogP contribution in [0.1, 0.15) is 17.5 Å². The van der Waals surface area contributed by atoms with Crippen molar-refractivity contribution in [2.24, 2.45) is 5.92 Å². The number of aryl methyl sites for hydroxylation is 1. The Balaban J connectivity index is 1.79. The summed E-state index contributed by atoms with van der Waals surface area (Å²) in [6.45, 7) is 7.10. The molecule has 7 nitrogen and oxygen atoms in total. The third-order valence-corrected chi connectivity index (χ3v) is 4.84. The molecule has 1 saturated heterocycles. The zero-order chi connectivity index (χ0) is 17.3. The van der Waals surface area contributed by atoms with Crippen molar-refractivity contribution < 1.29 is 9.53 Å². The molecule has 1 aliphatic rings. The van der Waals surface area contributed by atoms with Crippen LogP contribution in [0.15, 0.2) is 10.9 Å². The molecule has 0 aliphatic carbocycles. The Bertz CT molecular complexity index is 808. The number of imidazole rings is 1. The number of nitrogens with zero attached hydrogens (tertiary/aromatic N) is 1. The highest BCUT2D eigenvalue weighted by Gasteiger charge is 2.28. The number of hydrogen-bond acceptors (Lipinski definition) is 4. The van der Waals surface area contributed by atoms with Gasteiger partial charge in [-0.3, -0.25) is 4.79 Å². The van der Waals surface area contributed by atoms with Gasteiger partial charge in [-0.05, 0) is 44.0 Å². The van der Waals surface area contributed by atoms with Crippen molar-refractivity contribution in [1.82, 2.24) is 14.9 Å². The molecule has 3 N–H and O–H groups in total. The molecule has 1 aromatic carbocycles. The number of hydrogen-bond donors (Lipinski definition) is 3. The van der Waals surface area contributed by atoms with Crippen LogP contribution in [-0.4, -0.2) is 54.1 Å². The van der Waals surface area contributed by atoms with Gasteiger partial charge in [0.25, 0.3) is 0 Å². The van der Waals surface area contributed by atoms with Crippen LogP contribution >= 0.6 is 0 Å². The second-order valence-corrected chi connectivity index (χ2v) is 6.46. The summed E-state index contributed by atoms with van der Waals surface area (Å²) in [6, 6.07) is 1.92. The second-order valence-electron chi connectivity index (χ2n) is 6.46. The maximum Gasteiger partial charge on any atom is 0.323 e. The number of likely N-dealkylation sites (tertiary alicyclic amines) is 1. The van der Waals surface area contributed by atoms with Crippen LogP contribution in [0.2, 0.25) is 0 Å². The molecule has 1 amide bonds. The van der Waals surface area contributed by atoms with E-state index in [-0.39, 0.29) is 17.5 Å². The smallest absolute Gasteiger partial charge is 0.323 e. The molecule has 1 unspecified atom stereocenters. The van der Waals surface area contributed by atoms with Gasteiger partial charge in [0.05, 0.1) is 29.2 Å². The van der Waals surface area contributed by atoms with Gasteiger partial charge in [-0.1, -0.05) is 0 Å². The molecule has 0 saturated carbocycles. The van der Waals surface area contributed by atoms with Gasteiger partial charge in [-0.15, -0.1) is 0 Å². The standard InChI is InChI=1S/C17H24N4O3/c1-10-8-13-15(20-17(23)18-13)14(11(10)2)19-16(22)12-4-5-21(9-12)6-7-24-3/h8,12H,4-7,9H2,1-3H3,(H,19,22)(H2,18,20,23). The van der Waals surface area contributed by atoms with Crippen molar-refractivity contribution in [3.8, 4) is 0 Å². The fourth-order valence-electron chi connectivity index (χ4n) is 3.26. The largest absolute Gasteiger partial charge is 0.383 e. The number of amides is 1. The van der Waals surface area contributed by atoms with Crippen LogP contribution < -0.4 is 11.0 Å². The van der Waals surface area contributed by atoms with Gasteiger partial charge in [0.1, 0.15) is 0 Å². The number of aromatic nitrogens is 2. The highest BCUT2D eigenvalue weighted by Crippen LogP contribution is 2.28. The quantitative estimate of drug-likeness (QED) is 0.771. The first-order chi connectivity index (χ1) is 11.5. The van der Waals surface area contributed by atoms with E-state index in [1.54, 1.807) is 7.11 Å². The minimum atomic E-state index is -0.267. The summed E-state index contributed by atoms with van der Waals surface area (Å²) in [7, 11) is 1.68. The average molecular weight is 332 g/mol. The lowest BCUT2D eigenvalue weighted by atomic mass is 10.0. The Morgan fingerprint density at radius 2 is 2.21 bits per heavy atom. The highest BCUT2D eigenvalue weighted by atomic mass is 16.5. The normalized spacial score (nSPS) is 18.4. The van der Waals surface area contributed by atoms with Crippen molar-refractivity contribution in [3.05, 3.63) is 27.7 Å². The third kappa shape index (κ3) is 3.22. The van der Waals surface area contributed by atoms with Crippen molar-refractivity contribution >= 4 is 22.6 Å². The predicted molar refractivity (Wildman–Crippen MR) is 93.4 cm³/mol. The van der Waals surface area contributed by atoms with E-state index in [4.69, 9.17) is 4.74 Å². The summed E-state index contributed by atoms with van der Waals surface area (Å²) < 4.78 is 5.10. The summed E-state index contributed by atoms with van der Waals surface area (Å²) in [5.74, 6) is -0.0329. The molecule has 2 aromatic rings. The topological polar surface area (TPSA) is 90.2 Å². The first-order valence-electron chi connectivity index (χ1n) is 8.24. The molecular formula is C17H24N4O3. The monoisotopic (exact) mass is 332 g/mol. The molecule has 0 radical (unpaired) electrons. The number of anilines is 1. The molecule has 1 atom stereocenters. The average Bonchev–Trinajstić information content (AvgIpc) is 3.15. The van der Waals surface area contributed by atoms with Crippen LogP contribution in [-0.2, 0) is 9.53 Å². The number of fused-ring (bicyclic) bond motifs is 1. The Labute approximate surface area is 140 Å². The van der Waals surface area contributed by atoms with E-state index in [0.717, 1.165) is 37.2 Å². The van der Waals surface area contributed by atoms with Gasteiger partial charge >= 0.3 is 5.69 Å². The molecule has 0 bridgehead atoms. The van der Waals surface area contributed by atoms with E-state index >= 15 is 0 Å². The van der Waals surface area contributed by atoms with Crippen LogP contribution in [0, 0.1) is 19.8 Å². The Kier molecular flexibility index (Phi) is 4.73. The van der Waals surface area contributed by atoms with E-state index in [1.807, 2.05) is 19.9 Å². The molecule has 1 aliphatic heterocycles. The molecule has 24 heavy (non-hydrogen) atoms. The van der Waals surface area contributed by atoms with E-state index < -0.39 is 0 Å². The number of H-pyrrole nitrogens is 2. The lowest BCUT2D eigenvalue weighted by molar-refractivity contribution is -0.119. The van der Waals surface area contributed by atoms with Crippen LogP contribution in [0.25, 0.3) is 11.0 Å². The number of benzene rings is 1. The zero-order valence-corrected chi connectivity index (χ0v) is 14.4. The molecule has 0 spiro atoms. The van der Waals surface area contributed by atoms with Crippen LogP contribution in [0.4, 0.5) is 5.69 Å². The maximum absolute atomic E-state index is 12.7. The summed E-state index contributed by atoms with van der Waals surface area (Å²) in [4.78, 5) is 32.1. The SMILES string of the molecule is COCCN1CCC(C(=O)Nc2c(C)c(C)cc3[nH]c(=O)[nH]c23)C1. The minimum absolute atomic E-state index is 0.00645. The van der Waals surface area contributed by atoms with E-state index in [2.05, 4.69) is 20.2 Å². The third-order valence-electron chi connectivity index (χ3n) is 4.84. The van der Waals surface area contributed by atoms with Gasteiger partial charge in [0, 0.05) is 20.2 Å². The lowest BCUT2D eigenvalue weighted by Crippen LogP contribution is -2.29. The number of rotatable bonds is 5. The summed E-state index contributed by atoms with van der Waals surface area (Å²) >= 11 is 0. The van der Waals surface area contributed by atoms with Gasteiger partial charge in [0.15, 0.2) is 0 Å². The molecule has 7 heteroatoms. The first kappa shape index (κ1) is 16.7. The molecule has 130 valence electrons. The number of methoxy groups -OCH3 is 1. The Morgan fingerprint density at radius 1 is 1.42 bits per heavy atom. The van der Waals surface area contributed by atoms with E-state index in [0.29, 0.717) is 23.3 Å².